The first kappa shape index (κ1) is 15.9. The molecule has 0 aliphatic rings. The minimum atomic E-state index is -0.444. The van der Waals surface area contributed by atoms with E-state index in [-0.39, 0.29) is 6.42 Å². The Hall–Kier alpha value is -2.53. The molecule has 22 heavy (non-hydrogen) atoms. The number of hydrogen-bond acceptors (Lipinski definition) is 3. The zero-order valence-electron chi connectivity index (χ0n) is 11.9. The summed E-state index contributed by atoms with van der Waals surface area (Å²) in [5.41, 5.74) is 0.986. The molecule has 2 aromatic carbocycles. The number of amides is 2. The maximum atomic E-state index is 11.9. The summed E-state index contributed by atoms with van der Waals surface area (Å²) in [6.45, 7) is 0. The number of carbonyl (C=O) groups is 2. The van der Waals surface area contributed by atoms with E-state index < -0.39 is 11.8 Å². The molecule has 5 nitrogen and oxygen atoms in total. The number of halogens is 1. The summed E-state index contributed by atoms with van der Waals surface area (Å²) in [5, 5.41) is 5.65. The van der Waals surface area contributed by atoms with Crippen molar-refractivity contribution in [2.45, 2.75) is 6.42 Å². The van der Waals surface area contributed by atoms with Crippen molar-refractivity contribution < 1.29 is 14.3 Å². The van der Waals surface area contributed by atoms with Crippen molar-refractivity contribution in [2.75, 3.05) is 17.7 Å². The summed E-state index contributed by atoms with van der Waals surface area (Å²) in [6, 6.07) is 13.8. The molecule has 0 heterocycles. The van der Waals surface area contributed by atoms with E-state index in [1.54, 1.807) is 48.5 Å². The molecule has 0 bridgehead atoms. The Kier molecular flexibility index (Phi) is 5.38. The van der Waals surface area contributed by atoms with E-state index in [9.17, 15) is 9.59 Å². The van der Waals surface area contributed by atoms with Crippen molar-refractivity contribution in [1.29, 1.82) is 0 Å². The van der Waals surface area contributed by atoms with Crippen LogP contribution in [0.1, 0.15) is 6.42 Å². The van der Waals surface area contributed by atoms with Crippen LogP contribution in [0.15, 0.2) is 48.5 Å². The molecule has 0 atom stereocenters. The maximum absolute atomic E-state index is 11.9. The van der Waals surface area contributed by atoms with Gasteiger partial charge in [0, 0.05) is 0 Å². The van der Waals surface area contributed by atoms with E-state index in [0.717, 1.165) is 0 Å². The molecular weight excluding hydrogens is 304 g/mol. The zero-order valence-corrected chi connectivity index (χ0v) is 12.7. The van der Waals surface area contributed by atoms with E-state index >= 15 is 0 Å². The number of benzene rings is 2. The maximum Gasteiger partial charge on any atom is 0.233 e. The minimum Gasteiger partial charge on any atom is -0.495 e. The topological polar surface area (TPSA) is 67.4 Å². The van der Waals surface area contributed by atoms with Crippen LogP contribution in [0.25, 0.3) is 0 Å². The van der Waals surface area contributed by atoms with Crippen molar-refractivity contribution >= 4 is 34.8 Å². The van der Waals surface area contributed by atoms with Gasteiger partial charge < -0.3 is 15.4 Å². The van der Waals surface area contributed by atoms with Crippen molar-refractivity contribution in [2.24, 2.45) is 0 Å². The number of nitrogens with one attached hydrogen (secondary N) is 2. The Balaban J connectivity index is 1.94. The second kappa shape index (κ2) is 7.47. The van der Waals surface area contributed by atoms with E-state index in [0.29, 0.717) is 22.1 Å². The fourth-order valence-electron chi connectivity index (χ4n) is 1.85. The highest BCUT2D eigenvalue weighted by atomic mass is 35.5. The van der Waals surface area contributed by atoms with Gasteiger partial charge in [-0.2, -0.15) is 0 Å². The molecule has 0 aliphatic heterocycles. The van der Waals surface area contributed by atoms with Crippen molar-refractivity contribution in [1.82, 2.24) is 0 Å². The Labute approximate surface area is 133 Å². The fraction of sp³-hybridized carbons (Fsp3) is 0.125. The number of carbonyl (C=O) groups excluding carboxylic acids is 2. The predicted molar refractivity (Wildman–Crippen MR) is 86.3 cm³/mol. The van der Waals surface area contributed by atoms with Crippen LogP contribution >= 0.6 is 11.6 Å². The van der Waals surface area contributed by atoms with Gasteiger partial charge in [0.1, 0.15) is 12.2 Å². The molecule has 114 valence electrons. The van der Waals surface area contributed by atoms with Gasteiger partial charge in [0.15, 0.2) is 0 Å². The molecule has 0 radical (unpaired) electrons. The van der Waals surface area contributed by atoms with Crippen molar-refractivity contribution in [3.05, 3.63) is 53.6 Å². The summed E-state index contributed by atoms with van der Waals surface area (Å²) >= 11 is 5.94. The molecule has 0 saturated carbocycles. The Morgan fingerprint density at radius 1 is 0.955 bits per heavy atom. The number of para-hydroxylation sites is 3. The van der Waals surface area contributed by atoms with E-state index in [1.807, 2.05) is 0 Å². The minimum absolute atomic E-state index is 0.316. The van der Waals surface area contributed by atoms with Crippen molar-refractivity contribution in [3.8, 4) is 5.75 Å². The quantitative estimate of drug-likeness (QED) is 0.831. The van der Waals surface area contributed by atoms with Gasteiger partial charge in [0.25, 0.3) is 0 Å². The molecule has 6 heteroatoms. The smallest absolute Gasteiger partial charge is 0.233 e. The first-order chi connectivity index (χ1) is 10.6. The highest BCUT2D eigenvalue weighted by molar-refractivity contribution is 6.33. The molecule has 0 spiro atoms. The Morgan fingerprint density at radius 2 is 1.50 bits per heavy atom. The van der Waals surface area contributed by atoms with Gasteiger partial charge in [0.2, 0.25) is 11.8 Å². The van der Waals surface area contributed by atoms with Crippen LogP contribution in [0, 0.1) is 0 Å². The lowest BCUT2D eigenvalue weighted by Gasteiger charge is -2.10. The summed E-state index contributed by atoms with van der Waals surface area (Å²) in [5.74, 6) is -0.350. The lowest BCUT2D eigenvalue weighted by molar-refractivity contribution is -0.123. The van der Waals surface area contributed by atoms with Gasteiger partial charge in [-0.1, -0.05) is 35.9 Å². The van der Waals surface area contributed by atoms with Crippen LogP contribution in [0.2, 0.25) is 5.02 Å². The second-order valence-electron chi connectivity index (χ2n) is 4.45. The van der Waals surface area contributed by atoms with Crippen molar-refractivity contribution in [3.63, 3.8) is 0 Å². The Bertz CT molecular complexity index is 689. The van der Waals surface area contributed by atoms with Crippen LogP contribution < -0.4 is 15.4 Å². The largest absolute Gasteiger partial charge is 0.495 e. The molecular formula is C16H15ClN2O3. The summed E-state index contributed by atoms with van der Waals surface area (Å²) in [4.78, 5) is 23.8. The third-order valence-corrected chi connectivity index (χ3v) is 3.18. The summed E-state index contributed by atoms with van der Waals surface area (Å²) < 4.78 is 5.13. The predicted octanol–water partition coefficient (Wildman–Crippen LogP) is 3.32. The SMILES string of the molecule is COc1ccccc1NC(=O)CC(=O)Nc1ccccc1Cl. The van der Waals surface area contributed by atoms with Crippen LogP contribution in [0.4, 0.5) is 11.4 Å². The summed E-state index contributed by atoms with van der Waals surface area (Å²) in [7, 11) is 1.51. The molecule has 0 unspecified atom stereocenters. The standard InChI is InChI=1S/C16H15ClN2O3/c1-22-14-9-5-4-8-13(14)19-16(21)10-15(20)18-12-7-3-2-6-11(12)17/h2-9H,10H2,1H3,(H,18,20)(H,19,21). The lowest BCUT2D eigenvalue weighted by atomic mass is 10.2. The molecule has 0 fully saturated rings. The summed E-state index contributed by atoms with van der Waals surface area (Å²) in [6.07, 6.45) is -0.316. The van der Waals surface area contributed by atoms with Gasteiger partial charge in [-0.15, -0.1) is 0 Å². The molecule has 0 aromatic heterocycles. The number of hydrogen-bond donors (Lipinski definition) is 2. The Morgan fingerprint density at radius 3 is 2.14 bits per heavy atom. The van der Waals surface area contributed by atoms with Crippen LogP contribution in [-0.4, -0.2) is 18.9 Å². The van der Waals surface area contributed by atoms with Gasteiger partial charge in [-0.25, -0.2) is 0 Å². The lowest BCUT2D eigenvalue weighted by Crippen LogP contribution is -2.21. The average molecular weight is 319 g/mol. The molecule has 2 rings (SSSR count). The molecule has 2 amide bonds. The average Bonchev–Trinajstić information content (AvgIpc) is 2.50. The first-order valence-corrected chi connectivity index (χ1v) is 6.95. The highest BCUT2D eigenvalue weighted by Crippen LogP contribution is 2.23. The van der Waals surface area contributed by atoms with Gasteiger partial charge in [-0.05, 0) is 24.3 Å². The normalized spacial score (nSPS) is 9.91. The zero-order chi connectivity index (χ0) is 15.9. The number of methoxy groups -OCH3 is 1. The van der Waals surface area contributed by atoms with Gasteiger partial charge >= 0.3 is 0 Å². The monoisotopic (exact) mass is 318 g/mol. The third-order valence-electron chi connectivity index (χ3n) is 2.85. The van der Waals surface area contributed by atoms with Gasteiger partial charge in [-0.3, -0.25) is 9.59 Å². The van der Waals surface area contributed by atoms with E-state index in [2.05, 4.69) is 10.6 Å². The molecule has 2 N–H and O–H groups in total. The number of anilines is 2. The fourth-order valence-corrected chi connectivity index (χ4v) is 2.03. The van der Waals surface area contributed by atoms with Crippen LogP contribution in [0.5, 0.6) is 5.75 Å². The third kappa shape index (κ3) is 4.23. The van der Waals surface area contributed by atoms with E-state index in [4.69, 9.17) is 16.3 Å². The van der Waals surface area contributed by atoms with E-state index in [1.165, 1.54) is 7.11 Å². The molecule has 0 saturated heterocycles. The number of ether oxygens (including phenoxy) is 1. The second-order valence-corrected chi connectivity index (χ2v) is 4.86. The number of rotatable bonds is 5. The first-order valence-electron chi connectivity index (χ1n) is 6.57. The molecule has 0 aliphatic carbocycles. The molecule has 2 aromatic rings. The van der Waals surface area contributed by atoms with Crippen LogP contribution in [0.3, 0.4) is 0 Å². The van der Waals surface area contributed by atoms with Crippen LogP contribution in [-0.2, 0) is 9.59 Å². The highest BCUT2D eigenvalue weighted by Gasteiger charge is 2.12. The van der Waals surface area contributed by atoms with Gasteiger partial charge in [0.05, 0.1) is 23.5 Å².